The maximum absolute atomic E-state index is 11.7. The maximum atomic E-state index is 11.7. The van der Waals surface area contributed by atoms with Crippen molar-refractivity contribution in [2.24, 2.45) is 0 Å². The zero-order valence-electron chi connectivity index (χ0n) is 12.5. The quantitative estimate of drug-likeness (QED) is 0.636. The summed E-state index contributed by atoms with van der Waals surface area (Å²) in [5, 5.41) is 3.58. The topological polar surface area (TPSA) is 29.1 Å². The van der Waals surface area contributed by atoms with Crippen LogP contribution in [0.15, 0.2) is 66.7 Å². The van der Waals surface area contributed by atoms with Crippen molar-refractivity contribution in [1.82, 2.24) is 5.32 Å². The summed E-state index contributed by atoms with van der Waals surface area (Å²) in [4.78, 5) is 11.7. The average Bonchev–Trinajstić information content (AvgIpc) is 2.53. The van der Waals surface area contributed by atoms with Gasteiger partial charge in [0.1, 0.15) is 0 Å². The van der Waals surface area contributed by atoms with Crippen molar-refractivity contribution in [2.75, 3.05) is 6.54 Å². The van der Waals surface area contributed by atoms with Gasteiger partial charge in [0.25, 0.3) is 0 Å². The fourth-order valence-corrected chi connectivity index (χ4v) is 2.10. The van der Waals surface area contributed by atoms with E-state index in [2.05, 4.69) is 11.9 Å². The van der Waals surface area contributed by atoms with E-state index in [1.165, 1.54) is 0 Å². The van der Waals surface area contributed by atoms with Crippen LogP contribution in [0.2, 0.25) is 5.02 Å². The molecule has 0 atom stereocenters. The van der Waals surface area contributed by atoms with Crippen molar-refractivity contribution in [3.8, 4) is 0 Å². The van der Waals surface area contributed by atoms with E-state index in [9.17, 15) is 4.79 Å². The minimum atomic E-state index is -0.141. The molecular formula is C19H18ClNO. The monoisotopic (exact) mass is 311 g/mol. The SMILES string of the molecule is C=C(C)C(=O)NCC(=Cc1ccc(Cl)cc1)c1ccccc1. The van der Waals surface area contributed by atoms with Crippen LogP contribution in [0.3, 0.4) is 0 Å². The molecule has 0 bridgehead atoms. The number of rotatable bonds is 5. The van der Waals surface area contributed by atoms with E-state index in [1.807, 2.05) is 60.7 Å². The molecule has 2 aromatic rings. The van der Waals surface area contributed by atoms with E-state index in [4.69, 9.17) is 11.6 Å². The standard InChI is InChI=1S/C19H18ClNO/c1-14(2)19(22)21-13-17(16-6-4-3-5-7-16)12-15-8-10-18(20)11-9-15/h3-12H,1,13H2,2H3,(H,21,22). The lowest BCUT2D eigenvalue weighted by molar-refractivity contribution is -0.117. The first-order valence-electron chi connectivity index (χ1n) is 7.01. The number of nitrogens with one attached hydrogen (secondary N) is 1. The van der Waals surface area contributed by atoms with Crippen LogP contribution < -0.4 is 5.32 Å². The second-order valence-corrected chi connectivity index (χ2v) is 5.49. The highest BCUT2D eigenvalue weighted by atomic mass is 35.5. The van der Waals surface area contributed by atoms with Gasteiger partial charge in [0.15, 0.2) is 0 Å². The van der Waals surface area contributed by atoms with Crippen molar-refractivity contribution in [1.29, 1.82) is 0 Å². The minimum Gasteiger partial charge on any atom is -0.348 e. The predicted octanol–water partition coefficient (Wildman–Crippen LogP) is 4.57. The second-order valence-electron chi connectivity index (χ2n) is 5.05. The van der Waals surface area contributed by atoms with E-state index in [0.717, 1.165) is 16.7 Å². The van der Waals surface area contributed by atoms with E-state index < -0.39 is 0 Å². The normalized spacial score (nSPS) is 11.1. The lowest BCUT2D eigenvalue weighted by atomic mass is 10.0. The Balaban J connectivity index is 2.27. The number of benzene rings is 2. The summed E-state index contributed by atoms with van der Waals surface area (Å²) in [5.74, 6) is -0.141. The lowest BCUT2D eigenvalue weighted by Crippen LogP contribution is -2.25. The molecule has 2 rings (SSSR count). The Morgan fingerprint density at radius 3 is 2.36 bits per heavy atom. The Morgan fingerprint density at radius 2 is 1.77 bits per heavy atom. The molecule has 0 aliphatic carbocycles. The predicted molar refractivity (Wildman–Crippen MR) is 93.6 cm³/mol. The van der Waals surface area contributed by atoms with E-state index in [0.29, 0.717) is 17.1 Å². The van der Waals surface area contributed by atoms with Gasteiger partial charge in [-0.2, -0.15) is 0 Å². The molecule has 22 heavy (non-hydrogen) atoms. The van der Waals surface area contributed by atoms with Crippen LogP contribution in [0.5, 0.6) is 0 Å². The Labute approximate surface area is 136 Å². The zero-order chi connectivity index (χ0) is 15.9. The van der Waals surface area contributed by atoms with Gasteiger partial charge in [-0.1, -0.05) is 60.6 Å². The summed E-state index contributed by atoms with van der Waals surface area (Å²) >= 11 is 5.92. The first kappa shape index (κ1) is 16.1. The van der Waals surface area contributed by atoms with Gasteiger partial charge in [-0.15, -0.1) is 0 Å². The third kappa shape index (κ3) is 4.61. The molecule has 0 radical (unpaired) electrons. The third-order valence-electron chi connectivity index (χ3n) is 3.18. The summed E-state index contributed by atoms with van der Waals surface area (Å²) in [6.07, 6.45) is 2.05. The number of carbonyl (C=O) groups excluding carboxylic acids is 1. The van der Waals surface area contributed by atoms with Crippen molar-refractivity contribution in [2.45, 2.75) is 6.92 Å². The number of hydrogen-bond acceptors (Lipinski definition) is 1. The molecule has 0 saturated heterocycles. The Hall–Kier alpha value is -2.32. The Morgan fingerprint density at radius 1 is 1.14 bits per heavy atom. The Kier molecular flexibility index (Phi) is 5.56. The molecule has 0 aliphatic rings. The van der Waals surface area contributed by atoms with E-state index in [-0.39, 0.29) is 5.91 Å². The molecule has 0 aliphatic heterocycles. The summed E-state index contributed by atoms with van der Waals surface area (Å²) in [5.41, 5.74) is 3.63. The highest BCUT2D eigenvalue weighted by molar-refractivity contribution is 6.30. The van der Waals surface area contributed by atoms with Crippen molar-refractivity contribution in [3.05, 3.63) is 82.9 Å². The fraction of sp³-hybridized carbons (Fsp3) is 0.105. The maximum Gasteiger partial charge on any atom is 0.246 e. The lowest BCUT2D eigenvalue weighted by Gasteiger charge is -2.10. The average molecular weight is 312 g/mol. The molecular weight excluding hydrogens is 294 g/mol. The fourth-order valence-electron chi connectivity index (χ4n) is 1.98. The molecule has 0 fully saturated rings. The van der Waals surface area contributed by atoms with Gasteiger partial charge in [-0.05, 0) is 41.8 Å². The Bertz CT molecular complexity index is 687. The smallest absolute Gasteiger partial charge is 0.246 e. The molecule has 0 unspecified atom stereocenters. The van der Waals surface area contributed by atoms with Crippen LogP contribution in [-0.2, 0) is 4.79 Å². The van der Waals surface area contributed by atoms with Crippen LogP contribution in [0.1, 0.15) is 18.1 Å². The van der Waals surface area contributed by atoms with Gasteiger partial charge >= 0.3 is 0 Å². The van der Waals surface area contributed by atoms with Crippen LogP contribution in [0.25, 0.3) is 11.6 Å². The van der Waals surface area contributed by atoms with Crippen LogP contribution >= 0.6 is 11.6 Å². The first-order chi connectivity index (χ1) is 10.6. The van der Waals surface area contributed by atoms with E-state index >= 15 is 0 Å². The van der Waals surface area contributed by atoms with Crippen LogP contribution in [0, 0.1) is 0 Å². The molecule has 3 heteroatoms. The second kappa shape index (κ2) is 7.62. The largest absolute Gasteiger partial charge is 0.348 e. The first-order valence-corrected chi connectivity index (χ1v) is 7.39. The molecule has 0 saturated carbocycles. The van der Waals surface area contributed by atoms with Gasteiger partial charge in [0.2, 0.25) is 5.91 Å². The summed E-state index contributed by atoms with van der Waals surface area (Å²) in [7, 11) is 0. The highest BCUT2D eigenvalue weighted by Gasteiger charge is 2.06. The van der Waals surface area contributed by atoms with Crippen LogP contribution in [0.4, 0.5) is 0 Å². The molecule has 2 aromatic carbocycles. The van der Waals surface area contributed by atoms with Crippen LogP contribution in [-0.4, -0.2) is 12.5 Å². The molecule has 2 nitrogen and oxygen atoms in total. The number of amides is 1. The number of hydrogen-bond donors (Lipinski definition) is 1. The molecule has 0 aromatic heterocycles. The van der Waals surface area contributed by atoms with Gasteiger partial charge in [-0.3, -0.25) is 4.79 Å². The van der Waals surface area contributed by atoms with Gasteiger partial charge in [0.05, 0.1) is 0 Å². The highest BCUT2D eigenvalue weighted by Crippen LogP contribution is 2.19. The van der Waals surface area contributed by atoms with Crippen molar-refractivity contribution >= 4 is 29.2 Å². The summed E-state index contributed by atoms with van der Waals surface area (Å²) < 4.78 is 0. The van der Waals surface area contributed by atoms with E-state index in [1.54, 1.807) is 6.92 Å². The minimum absolute atomic E-state index is 0.141. The molecule has 1 N–H and O–H groups in total. The number of carbonyl (C=O) groups is 1. The van der Waals surface area contributed by atoms with Gasteiger partial charge < -0.3 is 5.32 Å². The summed E-state index contributed by atoms with van der Waals surface area (Å²) in [6, 6.07) is 17.6. The molecule has 0 spiro atoms. The molecule has 0 heterocycles. The molecule has 112 valence electrons. The third-order valence-corrected chi connectivity index (χ3v) is 3.43. The van der Waals surface area contributed by atoms with Gasteiger partial charge in [0, 0.05) is 17.1 Å². The summed E-state index contributed by atoms with van der Waals surface area (Å²) in [6.45, 7) is 5.79. The van der Waals surface area contributed by atoms with Crippen molar-refractivity contribution in [3.63, 3.8) is 0 Å². The molecule has 1 amide bonds. The zero-order valence-corrected chi connectivity index (χ0v) is 13.2. The van der Waals surface area contributed by atoms with Gasteiger partial charge in [-0.25, -0.2) is 0 Å². The van der Waals surface area contributed by atoms with Crippen molar-refractivity contribution < 1.29 is 4.79 Å². The number of halogens is 1.